The minimum Gasteiger partial charge on any atom is -0.368 e. The van der Waals surface area contributed by atoms with E-state index in [1.165, 1.54) is 12.8 Å². The second-order valence-electron chi connectivity index (χ2n) is 7.41. The number of primary amides is 1. The van der Waals surface area contributed by atoms with Crippen molar-refractivity contribution in [1.29, 1.82) is 0 Å². The van der Waals surface area contributed by atoms with Gasteiger partial charge in [0.2, 0.25) is 5.91 Å². The molecule has 0 aliphatic heterocycles. The Morgan fingerprint density at radius 2 is 1.72 bits per heavy atom. The minimum atomic E-state index is -0.568. The standard InChI is InChI=1S/C21H35N5O2.HI/c1-5-23-21(26-16(4)8-6-7-15(2)3)25-13-17-9-11-18(12-10-17)20(28)24-14-19(22)27;/h9-12,15-16H,5-8,13-14H2,1-4H3,(H2,22,27)(H,24,28)(H2,23,25,26);1H. The Kier molecular flexibility index (Phi) is 14.1. The van der Waals surface area contributed by atoms with E-state index in [4.69, 9.17) is 5.73 Å². The van der Waals surface area contributed by atoms with Crippen molar-refractivity contribution in [2.24, 2.45) is 16.6 Å². The third-order valence-corrected chi connectivity index (χ3v) is 4.20. The number of carbonyl (C=O) groups is 2. The number of aliphatic imine (C=N–C) groups is 1. The molecule has 29 heavy (non-hydrogen) atoms. The molecule has 5 N–H and O–H groups in total. The summed E-state index contributed by atoms with van der Waals surface area (Å²) < 4.78 is 0. The highest BCUT2D eigenvalue weighted by atomic mass is 127. The molecule has 0 heterocycles. The van der Waals surface area contributed by atoms with E-state index in [-0.39, 0.29) is 36.4 Å². The number of nitrogens with zero attached hydrogens (tertiary/aromatic N) is 1. The molecule has 1 unspecified atom stereocenters. The van der Waals surface area contributed by atoms with E-state index >= 15 is 0 Å². The molecule has 0 bridgehead atoms. The van der Waals surface area contributed by atoms with Gasteiger partial charge in [-0.3, -0.25) is 9.59 Å². The maximum atomic E-state index is 11.9. The van der Waals surface area contributed by atoms with Crippen LogP contribution in [0.25, 0.3) is 0 Å². The number of halogens is 1. The zero-order valence-corrected chi connectivity index (χ0v) is 20.3. The number of hydrogen-bond donors (Lipinski definition) is 4. The molecule has 0 aromatic heterocycles. The average molecular weight is 517 g/mol. The summed E-state index contributed by atoms with van der Waals surface area (Å²) in [5.74, 6) is 0.637. The third kappa shape index (κ3) is 12.4. The molecule has 1 rings (SSSR count). The Labute approximate surface area is 191 Å². The number of nitrogens with one attached hydrogen (secondary N) is 3. The number of nitrogens with two attached hydrogens (primary N) is 1. The van der Waals surface area contributed by atoms with Crippen molar-refractivity contribution < 1.29 is 9.59 Å². The first-order valence-electron chi connectivity index (χ1n) is 10.0. The lowest BCUT2D eigenvalue weighted by molar-refractivity contribution is -0.117. The number of carbonyl (C=O) groups excluding carboxylic acids is 2. The number of benzene rings is 1. The Morgan fingerprint density at radius 1 is 1.07 bits per heavy atom. The molecule has 0 aliphatic rings. The van der Waals surface area contributed by atoms with Gasteiger partial charge < -0.3 is 21.7 Å². The van der Waals surface area contributed by atoms with Gasteiger partial charge in [-0.15, -0.1) is 24.0 Å². The summed E-state index contributed by atoms with van der Waals surface area (Å²) in [6.07, 6.45) is 3.54. The molecule has 0 fully saturated rings. The zero-order valence-electron chi connectivity index (χ0n) is 18.0. The summed E-state index contributed by atoms with van der Waals surface area (Å²) in [6.45, 7) is 9.85. The lowest BCUT2D eigenvalue weighted by Gasteiger charge is -2.18. The minimum absolute atomic E-state index is 0. The highest BCUT2D eigenvalue weighted by molar-refractivity contribution is 14.0. The van der Waals surface area contributed by atoms with Crippen LogP contribution in [-0.4, -0.2) is 36.9 Å². The molecule has 1 aromatic rings. The van der Waals surface area contributed by atoms with Crippen LogP contribution in [0.1, 0.15) is 62.9 Å². The van der Waals surface area contributed by atoms with Crippen LogP contribution in [0.2, 0.25) is 0 Å². The van der Waals surface area contributed by atoms with Crippen molar-refractivity contribution in [3.8, 4) is 0 Å². The first-order valence-corrected chi connectivity index (χ1v) is 10.0. The SMILES string of the molecule is CCNC(=NCc1ccc(C(=O)NCC(N)=O)cc1)NC(C)CCCC(C)C.I. The van der Waals surface area contributed by atoms with E-state index in [1.807, 2.05) is 19.1 Å². The summed E-state index contributed by atoms with van der Waals surface area (Å²) in [6, 6.07) is 7.51. The van der Waals surface area contributed by atoms with Gasteiger partial charge in [0.15, 0.2) is 5.96 Å². The van der Waals surface area contributed by atoms with E-state index in [2.05, 4.69) is 41.7 Å². The van der Waals surface area contributed by atoms with Gasteiger partial charge in [0.05, 0.1) is 13.1 Å². The van der Waals surface area contributed by atoms with E-state index in [9.17, 15) is 9.59 Å². The van der Waals surface area contributed by atoms with Crippen LogP contribution in [0.15, 0.2) is 29.3 Å². The summed E-state index contributed by atoms with van der Waals surface area (Å²) >= 11 is 0. The molecule has 1 atom stereocenters. The molecular formula is C21H36IN5O2. The van der Waals surface area contributed by atoms with Gasteiger partial charge in [0, 0.05) is 18.2 Å². The summed E-state index contributed by atoms with van der Waals surface area (Å²) in [7, 11) is 0. The summed E-state index contributed by atoms with van der Waals surface area (Å²) in [4.78, 5) is 27.3. The van der Waals surface area contributed by atoms with Crippen LogP contribution in [0.4, 0.5) is 0 Å². The molecule has 1 aromatic carbocycles. The highest BCUT2D eigenvalue weighted by Gasteiger charge is 2.08. The summed E-state index contributed by atoms with van der Waals surface area (Å²) in [5, 5.41) is 9.19. The van der Waals surface area contributed by atoms with Crippen LogP contribution in [0.3, 0.4) is 0 Å². The fourth-order valence-electron chi connectivity index (χ4n) is 2.66. The van der Waals surface area contributed by atoms with Crippen molar-refractivity contribution in [2.75, 3.05) is 13.1 Å². The van der Waals surface area contributed by atoms with Crippen LogP contribution in [0, 0.1) is 5.92 Å². The molecule has 0 saturated heterocycles. The Hall–Kier alpha value is -1.84. The smallest absolute Gasteiger partial charge is 0.251 e. The van der Waals surface area contributed by atoms with E-state index in [0.29, 0.717) is 18.2 Å². The molecule has 7 nitrogen and oxygen atoms in total. The normalized spacial score (nSPS) is 12.1. The molecule has 0 radical (unpaired) electrons. The van der Waals surface area contributed by atoms with Crippen molar-refractivity contribution in [3.63, 3.8) is 0 Å². The number of guanidine groups is 1. The number of rotatable bonds is 11. The van der Waals surface area contributed by atoms with Crippen LogP contribution in [-0.2, 0) is 11.3 Å². The van der Waals surface area contributed by atoms with Gasteiger partial charge in [-0.1, -0.05) is 38.8 Å². The van der Waals surface area contributed by atoms with Crippen LogP contribution < -0.4 is 21.7 Å². The van der Waals surface area contributed by atoms with Gasteiger partial charge in [-0.2, -0.15) is 0 Å². The Morgan fingerprint density at radius 3 is 2.28 bits per heavy atom. The van der Waals surface area contributed by atoms with Crippen molar-refractivity contribution in [1.82, 2.24) is 16.0 Å². The molecule has 0 saturated carbocycles. The van der Waals surface area contributed by atoms with E-state index < -0.39 is 5.91 Å². The average Bonchev–Trinajstić information content (AvgIpc) is 2.64. The van der Waals surface area contributed by atoms with Crippen LogP contribution >= 0.6 is 24.0 Å². The first-order chi connectivity index (χ1) is 13.3. The largest absolute Gasteiger partial charge is 0.368 e. The van der Waals surface area contributed by atoms with Crippen molar-refractivity contribution in [3.05, 3.63) is 35.4 Å². The molecular weight excluding hydrogens is 481 g/mol. The van der Waals surface area contributed by atoms with E-state index in [1.54, 1.807) is 12.1 Å². The quantitative estimate of drug-likeness (QED) is 0.206. The van der Waals surface area contributed by atoms with Gasteiger partial charge in [0.1, 0.15) is 0 Å². The lowest BCUT2D eigenvalue weighted by Crippen LogP contribution is -2.42. The highest BCUT2D eigenvalue weighted by Crippen LogP contribution is 2.09. The second kappa shape index (κ2) is 15.1. The van der Waals surface area contributed by atoms with Crippen molar-refractivity contribution in [2.45, 2.75) is 59.5 Å². The predicted octanol–water partition coefficient (Wildman–Crippen LogP) is 2.79. The number of amides is 2. The fourth-order valence-corrected chi connectivity index (χ4v) is 2.66. The zero-order chi connectivity index (χ0) is 20.9. The Balaban J connectivity index is 0.00000784. The second-order valence-corrected chi connectivity index (χ2v) is 7.41. The predicted molar refractivity (Wildman–Crippen MR) is 129 cm³/mol. The van der Waals surface area contributed by atoms with Gasteiger partial charge in [-0.25, -0.2) is 4.99 Å². The summed E-state index contributed by atoms with van der Waals surface area (Å²) in [5.41, 5.74) is 6.51. The topological polar surface area (TPSA) is 109 Å². The Bertz CT molecular complexity index is 647. The van der Waals surface area contributed by atoms with Gasteiger partial charge >= 0.3 is 0 Å². The van der Waals surface area contributed by atoms with E-state index in [0.717, 1.165) is 30.4 Å². The van der Waals surface area contributed by atoms with Gasteiger partial charge in [-0.05, 0) is 43.9 Å². The first kappa shape index (κ1) is 27.2. The monoisotopic (exact) mass is 517 g/mol. The van der Waals surface area contributed by atoms with Crippen LogP contribution in [0.5, 0.6) is 0 Å². The molecule has 8 heteroatoms. The fraction of sp³-hybridized carbons (Fsp3) is 0.571. The number of hydrogen-bond acceptors (Lipinski definition) is 3. The maximum Gasteiger partial charge on any atom is 0.251 e. The lowest BCUT2D eigenvalue weighted by atomic mass is 10.0. The van der Waals surface area contributed by atoms with Gasteiger partial charge in [0.25, 0.3) is 5.91 Å². The molecule has 0 spiro atoms. The molecule has 0 aliphatic carbocycles. The third-order valence-electron chi connectivity index (χ3n) is 4.20. The maximum absolute atomic E-state index is 11.9. The van der Waals surface area contributed by atoms with Crippen molar-refractivity contribution >= 4 is 41.8 Å². The molecule has 164 valence electrons. The molecule has 2 amide bonds.